The van der Waals surface area contributed by atoms with E-state index in [9.17, 15) is 4.79 Å². The van der Waals surface area contributed by atoms with Crippen LogP contribution in [0.25, 0.3) is 10.2 Å². The second kappa shape index (κ2) is 6.76. The van der Waals surface area contributed by atoms with Crippen LogP contribution in [-0.2, 0) is 12.8 Å². The number of hydrogen-bond donors (Lipinski definition) is 1. The molecule has 3 aromatic heterocycles. The van der Waals surface area contributed by atoms with E-state index < -0.39 is 0 Å². The smallest absolute Gasteiger partial charge is 0.291 e. The van der Waals surface area contributed by atoms with Crippen LogP contribution in [0.5, 0.6) is 11.6 Å². The Bertz CT molecular complexity index is 1160. The first-order chi connectivity index (χ1) is 13.7. The van der Waals surface area contributed by atoms with Gasteiger partial charge in [-0.15, -0.1) is 11.3 Å². The van der Waals surface area contributed by atoms with E-state index in [1.165, 1.54) is 23.1 Å². The maximum atomic E-state index is 12.1. The van der Waals surface area contributed by atoms with E-state index in [1.54, 1.807) is 35.6 Å². The predicted molar refractivity (Wildman–Crippen MR) is 107 cm³/mol. The average Bonchev–Trinajstić information content (AvgIpc) is 3.40. The highest BCUT2D eigenvalue weighted by molar-refractivity contribution is 7.19. The molecule has 1 aromatic carbocycles. The Balaban J connectivity index is 1.40. The molecule has 0 bridgehead atoms. The number of benzene rings is 1. The van der Waals surface area contributed by atoms with Crippen LogP contribution in [0.1, 0.15) is 33.2 Å². The molecule has 6 nitrogen and oxygen atoms in total. The summed E-state index contributed by atoms with van der Waals surface area (Å²) in [4.78, 5) is 23.6. The molecule has 0 saturated heterocycles. The van der Waals surface area contributed by atoms with Crippen molar-refractivity contribution in [2.75, 3.05) is 5.32 Å². The van der Waals surface area contributed by atoms with E-state index in [2.05, 4.69) is 15.3 Å². The molecule has 0 radical (unpaired) electrons. The number of aromatic nitrogens is 2. The minimum atomic E-state index is -0.291. The van der Waals surface area contributed by atoms with Crippen LogP contribution in [0, 0.1) is 6.92 Å². The molecule has 4 aromatic rings. The number of nitrogens with zero attached hydrogens (tertiary/aromatic N) is 2. The second-order valence-corrected chi connectivity index (χ2v) is 7.75. The third-order valence-electron chi connectivity index (χ3n) is 4.71. The van der Waals surface area contributed by atoms with Crippen LogP contribution >= 0.6 is 11.3 Å². The van der Waals surface area contributed by atoms with Gasteiger partial charge in [0.25, 0.3) is 5.91 Å². The molecule has 1 aliphatic carbocycles. The van der Waals surface area contributed by atoms with Gasteiger partial charge in [0.05, 0.1) is 11.6 Å². The molecular formula is C21H17N3O3S. The van der Waals surface area contributed by atoms with E-state index in [4.69, 9.17) is 9.15 Å². The fourth-order valence-electron chi connectivity index (χ4n) is 3.46. The predicted octanol–water partition coefficient (Wildman–Crippen LogP) is 5.13. The van der Waals surface area contributed by atoms with Crippen molar-refractivity contribution in [2.24, 2.45) is 0 Å². The summed E-state index contributed by atoms with van der Waals surface area (Å²) in [6, 6.07) is 10.5. The lowest BCUT2D eigenvalue weighted by molar-refractivity contribution is 0.0996. The number of aryl methyl sites for hydroxylation is 3. The molecule has 0 fully saturated rings. The van der Waals surface area contributed by atoms with Crippen LogP contribution in [0.15, 0.2) is 47.1 Å². The van der Waals surface area contributed by atoms with Crippen molar-refractivity contribution in [3.05, 3.63) is 64.7 Å². The fraction of sp³-hybridized carbons (Fsp3) is 0.190. The maximum absolute atomic E-state index is 12.1. The third kappa shape index (κ3) is 3.03. The summed E-state index contributed by atoms with van der Waals surface area (Å²) in [7, 11) is 0. The Labute approximate surface area is 165 Å². The average molecular weight is 391 g/mol. The molecule has 0 spiro atoms. The number of amides is 1. The number of thiophene rings is 1. The highest BCUT2D eigenvalue weighted by Crippen LogP contribution is 2.41. The van der Waals surface area contributed by atoms with Crippen molar-refractivity contribution in [1.29, 1.82) is 0 Å². The molecule has 1 amide bonds. The molecule has 0 aliphatic heterocycles. The number of fused-ring (bicyclic) bond motifs is 3. The molecule has 5 rings (SSSR count). The van der Waals surface area contributed by atoms with E-state index in [-0.39, 0.29) is 11.7 Å². The van der Waals surface area contributed by atoms with Crippen LogP contribution < -0.4 is 10.1 Å². The molecular weight excluding hydrogens is 374 g/mol. The number of carbonyl (C=O) groups is 1. The lowest BCUT2D eigenvalue weighted by Gasteiger charge is -2.09. The maximum Gasteiger partial charge on any atom is 0.291 e. The number of nitrogens with one attached hydrogen (secondary N) is 1. The monoisotopic (exact) mass is 391 g/mol. The number of anilines is 1. The van der Waals surface area contributed by atoms with E-state index in [1.807, 2.05) is 19.1 Å². The van der Waals surface area contributed by atoms with Gasteiger partial charge in [-0.25, -0.2) is 4.98 Å². The summed E-state index contributed by atoms with van der Waals surface area (Å²) in [5.74, 6) is 1.94. The quantitative estimate of drug-likeness (QED) is 0.522. The second-order valence-electron chi connectivity index (χ2n) is 6.67. The first-order valence-corrected chi connectivity index (χ1v) is 9.91. The summed E-state index contributed by atoms with van der Waals surface area (Å²) >= 11 is 1.75. The fourth-order valence-corrected chi connectivity index (χ4v) is 4.75. The van der Waals surface area contributed by atoms with Gasteiger partial charge >= 0.3 is 0 Å². The van der Waals surface area contributed by atoms with Gasteiger partial charge in [0, 0.05) is 10.6 Å². The van der Waals surface area contributed by atoms with Gasteiger partial charge < -0.3 is 14.5 Å². The lowest BCUT2D eigenvalue weighted by Crippen LogP contribution is -2.10. The van der Waals surface area contributed by atoms with Crippen LogP contribution in [0.4, 0.5) is 5.69 Å². The van der Waals surface area contributed by atoms with Crippen molar-refractivity contribution < 1.29 is 13.9 Å². The standard InChI is InChI=1S/C21H17N3O3S/c1-12-22-20(18-15-4-2-6-17(15)28-21(18)23-12)27-14-9-7-13(8-10-14)24-19(25)16-5-3-11-26-16/h3,5,7-11H,2,4,6H2,1H3,(H,24,25). The van der Waals surface area contributed by atoms with Crippen molar-refractivity contribution >= 4 is 33.1 Å². The molecule has 1 N–H and O–H groups in total. The Morgan fingerprint density at radius 2 is 2.04 bits per heavy atom. The van der Waals surface area contributed by atoms with Gasteiger partial charge in [0.2, 0.25) is 5.88 Å². The highest BCUT2D eigenvalue weighted by Gasteiger charge is 2.23. The minimum Gasteiger partial charge on any atom is -0.459 e. The van der Waals surface area contributed by atoms with Gasteiger partial charge in [0.15, 0.2) is 5.76 Å². The molecule has 140 valence electrons. The lowest BCUT2D eigenvalue weighted by atomic mass is 10.2. The van der Waals surface area contributed by atoms with E-state index >= 15 is 0 Å². The van der Waals surface area contributed by atoms with Gasteiger partial charge in [-0.2, -0.15) is 4.98 Å². The minimum absolute atomic E-state index is 0.269. The molecule has 7 heteroatoms. The number of furan rings is 1. The normalized spacial score (nSPS) is 12.9. The summed E-state index contributed by atoms with van der Waals surface area (Å²) in [6.45, 7) is 1.88. The Kier molecular flexibility index (Phi) is 4.09. The van der Waals surface area contributed by atoms with Crippen molar-refractivity contribution in [2.45, 2.75) is 26.2 Å². The molecule has 0 saturated carbocycles. The van der Waals surface area contributed by atoms with Crippen molar-refractivity contribution in [3.63, 3.8) is 0 Å². The van der Waals surface area contributed by atoms with Crippen molar-refractivity contribution in [3.8, 4) is 11.6 Å². The molecule has 28 heavy (non-hydrogen) atoms. The Hall–Kier alpha value is -3.19. The zero-order valence-electron chi connectivity index (χ0n) is 15.2. The summed E-state index contributed by atoms with van der Waals surface area (Å²) in [6.07, 6.45) is 4.81. The zero-order valence-corrected chi connectivity index (χ0v) is 16.0. The number of ether oxygens (including phenoxy) is 1. The summed E-state index contributed by atoms with van der Waals surface area (Å²) in [5, 5.41) is 3.83. The van der Waals surface area contributed by atoms with Crippen LogP contribution in [0.2, 0.25) is 0 Å². The highest BCUT2D eigenvalue weighted by atomic mass is 32.1. The Morgan fingerprint density at radius 1 is 1.18 bits per heavy atom. The molecule has 0 unspecified atom stereocenters. The van der Waals surface area contributed by atoms with Crippen LogP contribution in [-0.4, -0.2) is 15.9 Å². The first-order valence-electron chi connectivity index (χ1n) is 9.09. The Morgan fingerprint density at radius 3 is 2.82 bits per heavy atom. The van der Waals surface area contributed by atoms with Crippen LogP contribution in [0.3, 0.4) is 0 Å². The molecule has 1 aliphatic rings. The number of hydrogen-bond acceptors (Lipinski definition) is 6. The molecule has 3 heterocycles. The number of rotatable bonds is 4. The summed E-state index contributed by atoms with van der Waals surface area (Å²) < 4.78 is 11.2. The zero-order chi connectivity index (χ0) is 19.1. The van der Waals surface area contributed by atoms with E-state index in [0.29, 0.717) is 23.1 Å². The van der Waals surface area contributed by atoms with Gasteiger partial charge in [-0.05, 0) is 68.1 Å². The van der Waals surface area contributed by atoms with Gasteiger partial charge in [-0.1, -0.05) is 0 Å². The largest absolute Gasteiger partial charge is 0.459 e. The topological polar surface area (TPSA) is 77.2 Å². The number of carbonyl (C=O) groups excluding carboxylic acids is 1. The van der Waals surface area contributed by atoms with Crippen molar-refractivity contribution in [1.82, 2.24) is 9.97 Å². The van der Waals surface area contributed by atoms with Gasteiger partial charge in [0.1, 0.15) is 16.4 Å². The SMILES string of the molecule is Cc1nc(Oc2ccc(NC(=O)c3ccco3)cc2)c2c3c(sc2n1)CCC3. The first kappa shape index (κ1) is 16.9. The van der Waals surface area contributed by atoms with E-state index in [0.717, 1.165) is 23.1 Å². The molecule has 0 atom stereocenters. The summed E-state index contributed by atoms with van der Waals surface area (Å²) in [5.41, 5.74) is 1.99. The van der Waals surface area contributed by atoms with Gasteiger partial charge in [-0.3, -0.25) is 4.79 Å². The third-order valence-corrected chi connectivity index (χ3v) is 5.90.